The molecule has 136 valence electrons. The van der Waals surface area contributed by atoms with Crippen LogP contribution in [0.3, 0.4) is 0 Å². The summed E-state index contributed by atoms with van der Waals surface area (Å²) in [6.07, 6.45) is -1.03. The Morgan fingerprint density at radius 3 is 2.56 bits per heavy atom. The fourth-order valence-electron chi connectivity index (χ4n) is 3.39. The van der Waals surface area contributed by atoms with E-state index in [1.54, 1.807) is 4.57 Å². The number of rotatable bonds is 3. The van der Waals surface area contributed by atoms with Crippen LogP contribution in [0.1, 0.15) is 6.23 Å². The molecule has 4 rings (SSSR count). The van der Waals surface area contributed by atoms with Gasteiger partial charge in [-0.25, -0.2) is 15.0 Å². The van der Waals surface area contributed by atoms with Gasteiger partial charge in [0.2, 0.25) is 0 Å². The van der Waals surface area contributed by atoms with Gasteiger partial charge in [-0.05, 0) is 7.05 Å². The van der Waals surface area contributed by atoms with Crippen LogP contribution in [0.4, 0.5) is 5.82 Å². The van der Waals surface area contributed by atoms with Crippen LogP contribution in [0.5, 0.6) is 0 Å². The number of imidazole rings is 1. The van der Waals surface area contributed by atoms with Gasteiger partial charge in [0.1, 0.15) is 24.6 Å². The molecule has 2 fully saturated rings. The number of aliphatic hydroxyl groups is 3. The van der Waals surface area contributed by atoms with E-state index in [1.165, 1.54) is 12.7 Å². The Morgan fingerprint density at radius 1 is 1.12 bits per heavy atom. The summed E-state index contributed by atoms with van der Waals surface area (Å²) in [5.41, 5.74) is 1.16. The maximum absolute atomic E-state index is 10.2. The molecule has 2 aliphatic rings. The van der Waals surface area contributed by atoms with Crippen LogP contribution < -0.4 is 4.90 Å². The minimum atomic E-state index is -1.17. The minimum Gasteiger partial charge on any atom is -0.394 e. The maximum Gasteiger partial charge on any atom is 0.167 e. The van der Waals surface area contributed by atoms with E-state index in [4.69, 9.17) is 4.74 Å². The van der Waals surface area contributed by atoms with Crippen molar-refractivity contribution >= 4 is 17.0 Å². The number of piperazine rings is 1. The second-order valence-electron chi connectivity index (χ2n) is 6.54. The average molecular weight is 350 g/mol. The number of anilines is 1. The number of hydrogen-bond donors (Lipinski definition) is 3. The lowest BCUT2D eigenvalue weighted by molar-refractivity contribution is -0.0511. The molecule has 0 saturated carbocycles. The van der Waals surface area contributed by atoms with Crippen LogP contribution in [0.2, 0.25) is 0 Å². The van der Waals surface area contributed by atoms with Gasteiger partial charge in [0.05, 0.1) is 12.9 Å². The van der Waals surface area contributed by atoms with Gasteiger partial charge in [0.15, 0.2) is 23.2 Å². The number of ether oxygens (including phenoxy) is 1. The Labute approximate surface area is 144 Å². The second-order valence-corrected chi connectivity index (χ2v) is 6.54. The van der Waals surface area contributed by atoms with Crippen molar-refractivity contribution in [1.82, 2.24) is 24.4 Å². The molecule has 0 aromatic carbocycles. The first-order valence-electron chi connectivity index (χ1n) is 8.33. The molecule has 0 aliphatic carbocycles. The molecule has 25 heavy (non-hydrogen) atoms. The molecular formula is C15H22N6O4. The van der Waals surface area contributed by atoms with E-state index >= 15 is 0 Å². The molecule has 10 heteroatoms. The molecule has 0 radical (unpaired) electrons. The molecule has 2 aromatic heterocycles. The Hall–Kier alpha value is -1.85. The number of fused-ring (bicyclic) bond motifs is 1. The predicted molar refractivity (Wildman–Crippen MR) is 88.0 cm³/mol. The number of aromatic nitrogens is 4. The van der Waals surface area contributed by atoms with Gasteiger partial charge >= 0.3 is 0 Å². The highest BCUT2D eigenvalue weighted by Gasteiger charge is 2.44. The summed E-state index contributed by atoms with van der Waals surface area (Å²) in [6, 6.07) is 0. The van der Waals surface area contributed by atoms with Gasteiger partial charge in [-0.3, -0.25) is 4.57 Å². The summed E-state index contributed by atoms with van der Waals surface area (Å²) in [6.45, 7) is 3.22. The molecule has 4 heterocycles. The van der Waals surface area contributed by atoms with Gasteiger partial charge < -0.3 is 29.9 Å². The highest BCUT2D eigenvalue weighted by molar-refractivity contribution is 5.83. The van der Waals surface area contributed by atoms with Crippen molar-refractivity contribution < 1.29 is 20.1 Å². The smallest absolute Gasteiger partial charge is 0.167 e. The normalized spacial score (nSPS) is 31.1. The molecule has 10 nitrogen and oxygen atoms in total. The lowest BCUT2D eigenvalue weighted by atomic mass is 10.1. The predicted octanol–water partition coefficient (Wildman–Crippen LogP) is -1.81. The maximum atomic E-state index is 10.2. The molecule has 0 spiro atoms. The van der Waals surface area contributed by atoms with E-state index in [0.717, 1.165) is 32.0 Å². The van der Waals surface area contributed by atoms with Crippen molar-refractivity contribution in [2.24, 2.45) is 0 Å². The highest BCUT2D eigenvalue weighted by atomic mass is 16.6. The van der Waals surface area contributed by atoms with E-state index in [1.807, 2.05) is 0 Å². The highest BCUT2D eigenvalue weighted by Crippen LogP contribution is 2.32. The van der Waals surface area contributed by atoms with Crippen LogP contribution in [0.15, 0.2) is 12.7 Å². The number of aliphatic hydroxyl groups excluding tert-OH is 3. The molecule has 2 aromatic rings. The first-order chi connectivity index (χ1) is 12.1. The molecular weight excluding hydrogens is 328 g/mol. The van der Waals surface area contributed by atoms with E-state index in [2.05, 4.69) is 31.8 Å². The third-order valence-corrected chi connectivity index (χ3v) is 4.93. The molecule has 4 atom stereocenters. The van der Waals surface area contributed by atoms with Gasteiger partial charge in [-0.2, -0.15) is 0 Å². The Kier molecular flexibility index (Phi) is 4.29. The summed E-state index contributed by atoms with van der Waals surface area (Å²) >= 11 is 0. The largest absolute Gasteiger partial charge is 0.394 e. The van der Waals surface area contributed by atoms with Crippen molar-refractivity contribution in [2.75, 3.05) is 44.7 Å². The van der Waals surface area contributed by atoms with Crippen LogP contribution in [0.25, 0.3) is 11.2 Å². The summed E-state index contributed by atoms with van der Waals surface area (Å²) in [7, 11) is 2.09. The quantitative estimate of drug-likeness (QED) is 0.588. The summed E-state index contributed by atoms with van der Waals surface area (Å²) in [4.78, 5) is 17.5. The van der Waals surface area contributed by atoms with Gasteiger partial charge in [0.25, 0.3) is 0 Å². The summed E-state index contributed by atoms with van der Waals surface area (Å²) in [5, 5.41) is 29.5. The summed E-state index contributed by atoms with van der Waals surface area (Å²) < 4.78 is 7.16. The molecule has 2 saturated heterocycles. The van der Waals surface area contributed by atoms with Gasteiger partial charge in [-0.1, -0.05) is 0 Å². The Bertz CT molecular complexity index is 747. The van der Waals surface area contributed by atoms with E-state index in [-0.39, 0.29) is 6.61 Å². The van der Waals surface area contributed by atoms with Gasteiger partial charge in [-0.15, -0.1) is 0 Å². The molecule has 3 N–H and O–H groups in total. The summed E-state index contributed by atoms with van der Waals surface area (Å²) in [5.74, 6) is 0.753. The van der Waals surface area contributed by atoms with Crippen molar-refractivity contribution in [3.05, 3.63) is 12.7 Å². The van der Waals surface area contributed by atoms with Crippen LogP contribution in [0, 0.1) is 0 Å². The first kappa shape index (κ1) is 16.6. The number of likely N-dealkylation sites (N-methyl/N-ethyl adjacent to an activating group) is 1. The first-order valence-corrected chi connectivity index (χ1v) is 8.33. The van der Waals surface area contributed by atoms with Crippen molar-refractivity contribution in [1.29, 1.82) is 0 Å². The van der Waals surface area contributed by atoms with E-state index in [9.17, 15) is 15.3 Å². The Morgan fingerprint density at radius 2 is 1.88 bits per heavy atom. The van der Waals surface area contributed by atoms with Crippen LogP contribution in [-0.2, 0) is 4.74 Å². The minimum absolute atomic E-state index is 0.372. The zero-order chi connectivity index (χ0) is 17.6. The fraction of sp³-hybridized carbons (Fsp3) is 0.667. The van der Waals surface area contributed by atoms with E-state index in [0.29, 0.717) is 11.2 Å². The number of hydrogen-bond acceptors (Lipinski definition) is 9. The van der Waals surface area contributed by atoms with Crippen LogP contribution in [-0.4, -0.2) is 97.9 Å². The fourth-order valence-corrected chi connectivity index (χ4v) is 3.39. The average Bonchev–Trinajstić information content (AvgIpc) is 3.17. The van der Waals surface area contributed by atoms with Crippen molar-refractivity contribution in [2.45, 2.75) is 24.5 Å². The second kappa shape index (κ2) is 6.46. The van der Waals surface area contributed by atoms with Crippen LogP contribution >= 0.6 is 0 Å². The third-order valence-electron chi connectivity index (χ3n) is 4.93. The zero-order valence-corrected chi connectivity index (χ0v) is 13.9. The SMILES string of the molecule is CN1CCN(c2ncnc3c2ncn3[C@@H]2O[C@@H](CO)[C@@H](O)[C@H]2O)CC1. The lowest BCUT2D eigenvalue weighted by Gasteiger charge is -2.33. The molecule has 0 bridgehead atoms. The third kappa shape index (κ3) is 2.75. The van der Waals surface area contributed by atoms with Gasteiger partial charge in [0, 0.05) is 26.2 Å². The molecule has 2 aliphatic heterocycles. The topological polar surface area (TPSA) is 120 Å². The zero-order valence-electron chi connectivity index (χ0n) is 13.9. The molecule has 0 amide bonds. The molecule has 0 unspecified atom stereocenters. The van der Waals surface area contributed by atoms with Crippen molar-refractivity contribution in [3.63, 3.8) is 0 Å². The van der Waals surface area contributed by atoms with E-state index < -0.39 is 24.5 Å². The standard InChI is InChI=1S/C15H22N6O4/c1-19-2-4-20(5-3-19)13-10-14(17-7-16-13)21(8-18-10)15-12(24)11(23)9(6-22)25-15/h7-9,11-12,15,22-24H,2-6H2,1H3/t9-,11+,12+,15+/m0/s1. The Balaban J connectivity index is 1.68. The number of nitrogens with zero attached hydrogens (tertiary/aromatic N) is 6. The monoisotopic (exact) mass is 350 g/mol. The lowest BCUT2D eigenvalue weighted by Crippen LogP contribution is -2.44. The van der Waals surface area contributed by atoms with Crippen molar-refractivity contribution in [3.8, 4) is 0 Å².